The number of benzene rings is 1. The maximum Gasteiger partial charge on any atom is 0.303 e. The third-order valence-electron chi connectivity index (χ3n) is 3.54. The van der Waals surface area contributed by atoms with Crippen LogP contribution in [0.15, 0.2) is 33.6 Å². The van der Waals surface area contributed by atoms with E-state index in [1.165, 1.54) is 0 Å². The summed E-state index contributed by atoms with van der Waals surface area (Å²) >= 11 is 0. The quantitative estimate of drug-likeness (QED) is 0.710. The summed E-state index contributed by atoms with van der Waals surface area (Å²) in [4.78, 5) is 29.7. The Morgan fingerprint density at radius 1 is 1.38 bits per heavy atom. The van der Waals surface area contributed by atoms with Crippen molar-refractivity contribution in [1.82, 2.24) is 15.1 Å². The summed E-state index contributed by atoms with van der Waals surface area (Å²) in [6.45, 7) is 0. The molecule has 8 nitrogen and oxygen atoms in total. The first-order valence-corrected chi connectivity index (χ1v) is 7.32. The van der Waals surface area contributed by atoms with Gasteiger partial charge in [0, 0.05) is 18.9 Å². The van der Waals surface area contributed by atoms with Crippen molar-refractivity contribution in [1.29, 1.82) is 0 Å². The van der Waals surface area contributed by atoms with Crippen molar-refractivity contribution < 1.29 is 19.2 Å². The third kappa shape index (κ3) is 3.27. The number of carboxylic acid groups (broad SMARTS) is 1. The van der Waals surface area contributed by atoms with Gasteiger partial charge in [-0.15, -0.1) is 0 Å². The number of nitrogens with zero attached hydrogens (tertiary/aromatic N) is 2. The van der Waals surface area contributed by atoms with Crippen molar-refractivity contribution in [2.24, 2.45) is 0 Å². The number of ether oxygens (including phenoxy) is 1. The van der Waals surface area contributed by atoms with Crippen LogP contribution in [0.25, 0.3) is 22.3 Å². The van der Waals surface area contributed by atoms with Crippen LogP contribution in [0.4, 0.5) is 0 Å². The van der Waals surface area contributed by atoms with Crippen molar-refractivity contribution in [2.75, 3.05) is 7.11 Å². The van der Waals surface area contributed by atoms with Crippen LogP contribution in [0.5, 0.6) is 5.75 Å². The topological polar surface area (TPSA) is 118 Å². The van der Waals surface area contributed by atoms with Crippen molar-refractivity contribution in [3.05, 3.63) is 40.5 Å². The van der Waals surface area contributed by atoms with E-state index in [4.69, 9.17) is 14.4 Å². The molecule has 3 aromatic rings. The van der Waals surface area contributed by atoms with Crippen LogP contribution in [-0.2, 0) is 11.2 Å². The van der Waals surface area contributed by atoms with Crippen LogP contribution in [0.2, 0.25) is 0 Å². The fraction of sp³-hybridized carbons (Fsp3) is 0.250. The third-order valence-corrected chi connectivity index (χ3v) is 3.54. The van der Waals surface area contributed by atoms with Gasteiger partial charge < -0.3 is 19.4 Å². The molecular formula is C16H15N3O5. The fourth-order valence-corrected chi connectivity index (χ4v) is 2.33. The lowest BCUT2D eigenvalue weighted by atomic mass is 10.1. The highest BCUT2D eigenvalue weighted by atomic mass is 16.5. The number of aryl methyl sites for hydroxylation is 1. The van der Waals surface area contributed by atoms with Gasteiger partial charge in [0.25, 0.3) is 5.56 Å². The zero-order chi connectivity index (χ0) is 17.1. The van der Waals surface area contributed by atoms with E-state index in [2.05, 4.69) is 15.1 Å². The Morgan fingerprint density at radius 2 is 2.21 bits per heavy atom. The number of pyridine rings is 1. The minimum atomic E-state index is -0.879. The number of aromatic nitrogens is 3. The fourth-order valence-electron chi connectivity index (χ4n) is 2.33. The SMILES string of the molecule is COc1ccc2cc(-c3noc(CCCC(=O)O)n3)c(=O)[nH]c2c1. The molecule has 24 heavy (non-hydrogen) atoms. The van der Waals surface area contributed by atoms with Gasteiger partial charge in [-0.25, -0.2) is 0 Å². The minimum absolute atomic E-state index is 0.0239. The molecule has 2 N–H and O–H groups in total. The summed E-state index contributed by atoms with van der Waals surface area (Å²) < 4.78 is 10.2. The maximum absolute atomic E-state index is 12.3. The van der Waals surface area contributed by atoms with Gasteiger partial charge in [-0.05, 0) is 30.0 Å². The number of carbonyl (C=O) groups is 1. The number of methoxy groups -OCH3 is 1. The first kappa shape index (κ1) is 15.7. The Morgan fingerprint density at radius 3 is 2.96 bits per heavy atom. The van der Waals surface area contributed by atoms with E-state index in [1.54, 1.807) is 25.3 Å². The Bertz CT molecular complexity index is 944. The van der Waals surface area contributed by atoms with Crippen molar-refractivity contribution >= 4 is 16.9 Å². The van der Waals surface area contributed by atoms with E-state index in [0.717, 1.165) is 5.39 Å². The molecule has 0 saturated carbocycles. The number of fused-ring (bicyclic) bond motifs is 1. The molecule has 1 aromatic carbocycles. The van der Waals surface area contributed by atoms with Gasteiger partial charge in [0.05, 0.1) is 18.2 Å². The summed E-state index contributed by atoms with van der Waals surface area (Å²) in [5, 5.41) is 13.2. The molecule has 8 heteroatoms. The largest absolute Gasteiger partial charge is 0.497 e. The predicted molar refractivity (Wildman–Crippen MR) is 85.0 cm³/mol. The minimum Gasteiger partial charge on any atom is -0.497 e. The molecule has 2 heterocycles. The molecular weight excluding hydrogens is 314 g/mol. The summed E-state index contributed by atoms with van der Waals surface area (Å²) in [7, 11) is 1.55. The molecule has 0 spiro atoms. The molecule has 0 amide bonds. The van der Waals surface area contributed by atoms with Gasteiger partial charge in [0.2, 0.25) is 11.7 Å². The average Bonchev–Trinajstić information content (AvgIpc) is 3.02. The molecule has 3 rings (SSSR count). The van der Waals surface area contributed by atoms with E-state index < -0.39 is 5.97 Å². The predicted octanol–water partition coefficient (Wildman–Crippen LogP) is 1.99. The van der Waals surface area contributed by atoms with Gasteiger partial charge in [0.15, 0.2) is 0 Å². The van der Waals surface area contributed by atoms with Gasteiger partial charge in [-0.2, -0.15) is 4.98 Å². The van der Waals surface area contributed by atoms with Crippen LogP contribution >= 0.6 is 0 Å². The molecule has 2 aromatic heterocycles. The van der Waals surface area contributed by atoms with Crippen LogP contribution in [0.1, 0.15) is 18.7 Å². The van der Waals surface area contributed by atoms with Crippen molar-refractivity contribution in [3.63, 3.8) is 0 Å². The highest BCUT2D eigenvalue weighted by Crippen LogP contribution is 2.21. The first-order valence-electron chi connectivity index (χ1n) is 7.32. The molecule has 0 saturated heterocycles. The van der Waals surface area contributed by atoms with E-state index in [1.807, 2.05) is 6.07 Å². The summed E-state index contributed by atoms with van der Waals surface area (Å²) in [5.41, 5.74) is 0.600. The second kappa shape index (κ2) is 6.53. The van der Waals surface area contributed by atoms with E-state index in [-0.39, 0.29) is 17.8 Å². The number of hydrogen-bond acceptors (Lipinski definition) is 6. The highest BCUT2D eigenvalue weighted by Gasteiger charge is 2.13. The molecule has 0 fully saturated rings. The lowest BCUT2D eigenvalue weighted by Crippen LogP contribution is -2.09. The smallest absolute Gasteiger partial charge is 0.303 e. The van der Waals surface area contributed by atoms with E-state index in [0.29, 0.717) is 35.6 Å². The summed E-state index contributed by atoms with van der Waals surface area (Å²) in [6, 6.07) is 7.02. The number of carboxylic acids is 1. The first-order chi connectivity index (χ1) is 11.6. The van der Waals surface area contributed by atoms with Crippen molar-refractivity contribution in [3.8, 4) is 17.1 Å². The number of rotatable bonds is 6. The second-order valence-corrected chi connectivity index (χ2v) is 5.22. The number of aromatic amines is 1. The highest BCUT2D eigenvalue weighted by molar-refractivity contribution is 5.83. The molecule has 0 aliphatic heterocycles. The Labute approximate surface area is 136 Å². The van der Waals surface area contributed by atoms with Crippen LogP contribution in [-0.4, -0.2) is 33.3 Å². The van der Waals surface area contributed by atoms with E-state index >= 15 is 0 Å². The van der Waals surface area contributed by atoms with Crippen LogP contribution in [0.3, 0.4) is 0 Å². The second-order valence-electron chi connectivity index (χ2n) is 5.22. The Balaban J connectivity index is 1.89. The number of H-pyrrole nitrogens is 1. The molecule has 0 aliphatic carbocycles. The molecule has 0 unspecified atom stereocenters. The number of nitrogens with one attached hydrogen (secondary N) is 1. The Kier molecular flexibility index (Phi) is 4.28. The molecule has 124 valence electrons. The molecule has 0 radical (unpaired) electrons. The van der Waals surface area contributed by atoms with Gasteiger partial charge in [-0.1, -0.05) is 5.16 Å². The van der Waals surface area contributed by atoms with Gasteiger partial charge in [-0.3, -0.25) is 9.59 Å². The summed E-state index contributed by atoms with van der Waals surface area (Å²) in [5.74, 6) is 0.252. The number of hydrogen-bond donors (Lipinski definition) is 2. The summed E-state index contributed by atoms with van der Waals surface area (Å²) in [6.07, 6.45) is 0.767. The Hall–Kier alpha value is -3.16. The zero-order valence-electron chi connectivity index (χ0n) is 12.9. The van der Waals surface area contributed by atoms with Gasteiger partial charge >= 0.3 is 5.97 Å². The monoisotopic (exact) mass is 329 g/mol. The maximum atomic E-state index is 12.3. The molecule has 0 bridgehead atoms. The standard InChI is InChI=1S/C16H15N3O5/c1-23-10-6-5-9-7-11(16(22)17-12(9)8-10)15-18-13(24-19-15)3-2-4-14(20)21/h5-8H,2-4H2,1H3,(H,17,22)(H,20,21). The molecule has 0 atom stereocenters. The van der Waals surface area contributed by atoms with E-state index in [9.17, 15) is 9.59 Å². The van der Waals surface area contributed by atoms with Crippen LogP contribution in [0, 0.1) is 0 Å². The lowest BCUT2D eigenvalue weighted by Gasteiger charge is -2.03. The zero-order valence-corrected chi connectivity index (χ0v) is 12.9. The van der Waals surface area contributed by atoms with Gasteiger partial charge in [0.1, 0.15) is 5.75 Å². The molecule has 0 aliphatic rings. The number of aliphatic carboxylic acids is 1. The normalized spacial score (nSPS) is 10.9. The lowest BCUT2D eigenvalue weighted by molar-refractivity contribution is -0.137. The van der Waals surface area contributed by atoms with Crippen LogP contribution < -0.4 is 10.3 Å². The van der Waals surface area contributed by atoms with Crippen molar-refractivity contribution in [2.45, 2.75) is 19.3 Å². The average molecular weight is 329 g/mol.